The number of benzene rings is 1. The summed E-state index contributed by atoms with van der Waals surface area (Å²) in [5, 5.41) is 8.59. The Morgan fingerprint density at radius 1 is 1.25 bits per heavy atom. The van der Waals surface area contributed by atoms with E-state index in [0.29, 0.717) is 23.5 Å². The van der Waals surface area contributed by atoms with Crippen molar-refractivity contribution in [1.29, 1.82) is 5.26 Å². The molecule has 0 radical (unpaired) electrons. The Hall–Kier alpha value is -1.51. The minimum absolute atomic E-state index is 0.203. The zero-order chi connectivity index (χ0) is 16.8. The minimum atomic E-state index is 0.203. The highest BCUT2D eigenvalue weighted by Gasteiger charge is 2.36. The zero-order valence-electron chi connectivity index (χ0n) is 14.1. The minimum Gasteiger partial charge on any atom is -0.342 e. The van der Waals surface area contributed by atoms with Crippen molar-refractivity contribution in [2.45, 2.75) is 31.8 Å². The summed E-state index contributed by atoms with van der Waals surface area (Å²) in [4.78, 5) is 16.9. The molecule has 2 saturated heterocycles. The largest absolute Gasteiger partial charge is 0.342 e. The van der Waals surface area contributed by atoms with Gasteiger partial charge < -0.3 is 4.90 Å². The lowest BCUT2D eigenvalue weighted by Gasteiger charge is -2.47. The van der Waals surface area contributed by atoms with Crippen LogP contribution in [0.1, 0.15) is 24.8 Å². The van der Waals surface area contributed by atoms with Crippen LogP contribution in [-0.4, -0.2) is 52.9 Å². The number of hydrogen-bond donors (Lipinski definition) is 0. The lowest BCUT2D eigenvalue weighted by molar-refractivity contribution is -0.132. The van der Waals surface area contributed by atoms with Gasteiger partial charge in [0.05, 0.1) is 17.6 Å². The molecule has 128 valence electrons. The van der Waals surface area contributed by atoms with Crippen molar-refractivity contribution in [3.63, 3.8) is 0 Å². The molecular weight excluding hydrogens is 318 g/mol. The molecule has 3 rings (SSSR count). The van der Waals surface area contributed by atoms with Gasteiger partial charge in [0.15, 0.2) is 0 Å². The van der Waals surface area contributed by atoms with E-state index in [1.165, 1.54) is 36.7 Å². The first-order valence-electron chi connectivity index (χ1n) is 8.78. The highest BCUT2D eigenvalue weighted by molar-refractivity contribution is 8.00. The average molecular weight is 343 g/mol. The van der Waals surface area contributed by atoms with Gasteiger partial charge in [0.2, 0.25) is 5.91 Å². The third kappa shape index (κ3) is 4.31. The summed E-state index contributed by atoms with van der Waals surface area (Å²) >= 11 is 1.42. The number of carbonyl (C=O) groups is 1. The predicted octanol–water partition coefficient (Wildman–Crippen LogP) is 2.76. The normalized spacial score (nSPS) is 24.2. The lowest BCUT2D eigenvalue weighted by atomic mass is 9.83. The number of hydrogen-bond acceptors (Lipinski definition) is 4. The van der Waals surface area contributed by atoms with Crippen molar-refractivity contribution in [1.82, 2.24) is 9.80 Å². The third-order valence-electron chi connectivity index (χ3n) is 5.16. The molecule has 0 aromatic heterocycles. The van der Waals surface area contributed by atoms with E-state index in [9.17, 15) is 4.79 Å². The van der Waals surface area contributed by atoms with E-state index in [1.54, 1.807) is 0 Å². The predicted molar refractivity (Wildman–Crippen MR) is 97.5 cm³/mol. The summed E-state index contributed by atoms with van der Waals surface area (Å²) in [6.45, 7) is 3.94. The fourth-order valence-electron chi connectivity index (χ4n) is 4.02. The van der Waals surface area contributed by atoms with Gasteiger partial charge >= 0.3 is 0 Å². The van der Waals surface area contributed by atoms with Gasteiger partial charge in [-0.2, -0.15) is 5.26 Å². The van der Waals surface area contributed by atoms with Crippen molar-refractivity contribution in [2.75, 3.05) is 31.1 Å². The Kier molecular flexibility index (Phi) is 6.17. The Morgan fingerprint density at radius 2 is 2.08 bits per heavy atom. The van der Waals surface area contributed by atoms with Crippen molar-refractivity contribution in [3.05, 3.63) is 35.9 Å². The van der Waals surface area contributed by atoms with Crippen LogP contribution in [0.2, 0.25) is 0 Å². The van der Waals surface area contributed by atoms with Crippen LogP contribution in [0.4, 0.5) is 0 Å². The second-order valence-electron chi connectivity index (χ2n) is 6.71. The van der Waals surface area contributed by atoms with Gasteiger partial charge in [0, 0.05) is 25.7 Å². The molecule has 0 spiro atoms. The first-order chi connectivity index (χ1) is 11.8. The van der Waals surface area contributed by atoms with E-state index in [2.05, 4.69) is 41.3 Å². The molecule has 0 aliphatic carbocycles. The van der Waals surface area contributed by atoms with E-state index >= 15 is 0 Å². The molecule has 2 aliphatic rings. The Bertz CT molecular complexity index is 586. The van der Waals surface area contributed by atoms with E-state index in [1.807, 2.05) is 4.90 Å². The molecule has 1 aromatic rings. The summed E-state index contributed by atoms with van der Waals surface area (Å²) in [5.41, 5.74) is 1.38. The van der Waals surface area contributed by atoms with Crippen LogP contribution in [0, 0.1) is 17.2 Å². The number of piperidine rings is 2. The Balaban J connectivity index is 1.56. The topological polar surface area (TPSA) is 47.3 Å². The maximum absolute atomic E-state index is 12.3. The van der Waals surface area contributed by atoms with Gasteiger partial charge in [0.25, 0.3) is 0 Å². The molecule has 5 heteroatoms. The van der Waals surface area contributed by atoms with Crippen LogP contribution in [0.3, 0.4) is 0 Å². The first-order valence-corrected chi connectivity index (χ1v) is 9.94. The summed E-state index contributed by atoms with van der Waals surface area (Å²) in [7, 11) is 0. The van der Waals surface area contributed by atoms with Gasteiger partial charge in [-0.05, 0) is 37.3 Å². The standard InChI is InChI=1S/C19H25N3OS/c20-9-12-24-15-19(23)22-11-8-18-17(14-22)7-4-10-21(18)13-16-5-2-1-3-6-16/h1-3,5-6,17-18H,4,7-8,10-15H2/t17-,18-/m1/s1. The smallest absolute Gasteiger partial charge is 0.232 e. The van der Waals surface area contributed by atoms with E-state index in [0.717, 1.165) is 26.1 Å². The van der Waals surface area contributed by atoms with Gasteiger partial charge in [-0.1, -0.05) is 30.3 Å². The van der Waals surface area contributed by atoms with E-state index in [4.69, 9.17) is 5.26 Å². The highest BCUT2D eigenvalue weighted by Crippen LogP contribution is 2.31. The van der Waals surface area contributed by atoms with Gasteiger partial charge in [-0.25, -0.2) is 0 Å². The number of fused-ring (bicyclic) bond motifs is 1. The van der Waals surface area contributed by atoms with Crippen LogP contribution < -0.4 is 0 Å². The third-order valence-corrected chi connectivity index (χ3v) is 5.94. The summed E-state index contributed by atoms with van der Waals surface area (Å²) < 4.78 is 0. The van der Waals surface area contributed by atoms with Crippen LogP contribution in [0.5, 0.6) is 0 Å². The molecule has 0 unspecified atom stereocenters. The second-order valence-corrected chi connectivity index (χ2v) is 7.69. The van der Waals surface area contributed by atoms with Crippen molar-refractivity contribution >= 4 is 17.7 Å². The van der Waals surface area contributed by atoms with Gasteiger partial charge in [0.1, 0.15) is 0 Å². The summed E-state index contributed by atoms with van der Waals surface area (Å²) in [6.07, 6.45) is 3.52. The van der Waals surface area contributed by atoms with Crippen molar-refractivity contribution in [2.24, 2.45) is 5.92 Å². The van der Waals surface area contributed by atoms with Crippen LogP contribution in [-0.2, 0) is 11.3 Å². The first kappa shape index (κ1) is 17.3. The molecule has 0 bridgehead atoms. The number of amides is 1. The number of thioether (sulfide) groups is 1. The lowest BCUT2D eigenvalue weighted by Crippen LogP contribution is -2.55. The maximum Gasteiger partial charge on any atom is 0.232 e. The number of carbonyl (C=O) groups excluding carboxylic acids is 1. The number of nitriles is 1. The van der Waals surface area contributed by atoms with Gasteiger partial charge in [-0.15, -0.1) is 11.8 Å². The molecule has 4 nitrogen and oxygen atoms in total. The fourth-order valence-corrected chi connectivity index (χ4v) is 4.57. The zero-order valence-corrected chi connectivity index (χ0v) is 14.9. The van der Waals surface area contributed by atoms with E-state index in [-0.39, 0.29) is 5.91 Å². The second kappa shape index (κ2) is 8.55. The molecule has 0 N–H and O–H groups in total. The molecule has 1 aromatic carbocycles. The summed E-state index contributed by atoms with van der Waals surface area (Å²) in [6, 6.07) is 13.4. The quantitative estimate of drug-likeness (QED) is 0.771. The molecule has 1 amide bonds. The number of likely N-dealkylation sites (tertiary alicyclic amines) is 2. The van der Waals surface area contributed by atoms with Crippen LogP contribution >= 0.6 is 11.8 Å². The molecule has 2 heterocycles. The number of rotatable bonds is 5. The molecule has 2 fully saturated rings. The SMILES string of the molecule is N#CCSCC(=O)N1CC[C@@H]2[C@H](CCCN2Cc2ccccc2)C1. The van der Waals surface area contributed by atoms with E-state index < -0.39 is 0 Å². The molecule has 2 aliphatic heterocycles. The van der Waals surface area contributed by atoms with Crippen molar-refractivity contribution < 1.29 is 4.79 Å². The Morgan fingerprint density at radius 3 is 2.88 bits per heavy atom. The molecular formula is C19H25N3OS. The fraction of sp³-hybridized carbons (Fsp3) is 0.579. The monoisotopic (exact) mass is 343 g/mol. The molecule has 0 saturated carbocycles. The molecule has 2 atom stereocenters. The highest BCUT2D eigenvalue weighted by atomic mass is 32.2. The van der Waals surface area contributed by atoms with Crippen LogP contribution in [0.25, 0.3) is 0 Å². The summed E-state index contributed by atoms with van der Waals surface area (Å²) in [5.74, 6) is 1.64. The van der Waals surface area contributed by atoms with Crippen molar-refractivity contribution in [3.8, 4) is 6.07 Å². The molecule has 24 heavy (non-hydrogen) atoms. The van der Waals surface area contributed by atoms with Crippen LogP contribution in [0.15, 0.2) is 30.3 Å². The average Bonchev–Trinajstić information content (AvgIpc) is 2.62. The maximum atomic E-state index is 12.3. The Labute approximate surface area is 148 Å². The van der Waals surface area contributed by atoms with Gasteiger partial charge in [-0.3, -0.25) is 9.69 Å². The number of nitrogens with zero attached hydrogens (tertiary/aromatic N) is 3.